The van der Waals surface area contributed by atoms with Crippen LogP contribution in [0.2, 0.25) is 0 Å². The molecule has 1 aliphatic rings. The molecule has 3 heteroatoms. The van der Waals surface area contributed by atoms with E-state index in [0.29, 0.717) is 6.42 Å². The molecule has 98 valence electrons. The Bertz CT molecular complexity index is 611. The minimum atomic E-state index is -0.221. The van der Waals surface area contributed by atoms with Crippen LogP contribution in [0.1, 0.15) is 35.3 Å². The molecule has 2 atom stereocenters. The third-order valence-electron chi connectivity index (χ3n) is 3.63. The first-order valence-electron chi connectivity index (χ1n) is 6.42. The van der Waals surface area contributed by atoms with Crippen molar-refractivity contribution in [2.24, 2.45) is 5.73 Å². The van der Waals surface area contributed by atoms with Gasteiger partial charge in [0.05, 0.1) is 0 Å². The Hall–Kier alpha value is -1.87. The summed E-state index contributed by atoms with van der Waals surface area (Å²) >= 11 is 0. The van der Waals surface area contributed by atoms with Crippen LogP contribution in [0, 0.1) is 12.7 Å². The average molecular weight is 257 g/mol. The lowest BCUT2D eigenvalue weighted by Crippen LogP contribution is -2.24. The average Bonchev–Trinajstić information content (AvgIpc) is 2.38. The Morgan fingerprint density at radius 3 is 2.74 bits per heavy atom. The van der Waals surface area contributed by atoms with Crippen LogP contribution in [0.5, 0.6) is 5.75 Å². The first-order valence-corrected chi connectivity index (χ1v) is 6.42. The van der Waals surface area contributed by atoms with Gasteiger partial charge in [0.1, 0.15) is 17.7 Å². The van der Waals surface area contributed by atoms with E-state index in [2.05, 4.69) is 0 Å². The fraction of sp³-hybridized carbons (Fsp3) is 0.250. The maximum atomic E-state index is 13.2. The normalized spacial score (nSPS) is 21.6. The van der Waals surface area contributed by atoms with Crippen molar-refractivity contribution in [3.8, 4) is 5.75 Å². The summed E-state index contributed by atoms with van der Waals surface area (Å²) in [6, 6.07) is 12.6. The van der Waals surface area contributed by atoms with E-state index in [9.17, 15) is 4.39 Å². The van der Waals surface area contributed by atoms with Crippen LogP contribution in [0.15, 0.2) is 42.5 Å². The summed E-state index contributed by atoms with van der Waals surface area (Å²) in [4.78, 5) is 0. The first-order chi connectivity index (χ1) is 9.15. The van der Waals surface area contributed by atoms with Crippen LogP contribution in [-0.4, -0.2) is 0 Å². The zero-order valence-corrected chi connectivity index (χ0v) is 10.8. The number of ether oxygens (including phenoxy) is 1. The number of halogens is 1. The fourth-order valence-electron chi connectivity index (χ4n) is 2.64. The molecule has 0 fully saturated rings. The van der Waals surface area contributed by atoms with Crippen molar-refractivity contribution in [2.75, 3.05) is 0 Å². The van der Waals surface area contributed by atoms with Gasteiger partial charge in [-0.2, -0.15) is 0 Å². The van der Waals surface area contributed by atoms with E-state index in [0.717, 1.165) is 22.4 Å². The van der Waals surface area contributed by atoms with E-state index < -0.39 is 0 Å². The summed E-state index contributed by atoms with van der Waals surface area (Å²) in [6.07, 6.45) is 0.606. The Kier molecular flexibility index (Phi) is 2.99. The second-order valence-corrected chi connectivity index (χ2v) is 4.99. The summed E-state index contributed by atoms with van der Waals surface area (Å²) in [7, 11) is 0. The van der Waals surface area contributed by atoms with Crippen LogP contribution in [0.3, 0.4) is 0 Å². The van der Waals surface area contributed by atoms with Gasteiger partial charge in [-0.3, -0.25) is 0 Å². The highest BCUT2D eigenvalue weighted by Gasteiger charge is 2.27. The monoisotopic (exact) mass is 257 g/mol. The van der Waals surface area contributed by atoms with E-state index in [4.69, 9.17) is 10.5 Å². The molecule has 0 bridgehead atoms. The smallest absolute Gasteiger partial charge is 0.126 e. The van der Waals surface area contributed by atoms with Crippen LogP contribution in [0.25, 0.3) is 0 Å². The number of para-hydroxylation sites is 1. The van der Waals surface area contributed by atoms with Gasteiger partial charge in [-0.05, 0) is 36.2 Å². The van der Waals surface area contributed by atoms with Gasteiger partial charge < -0.3 is 10.5 Å². The molecule has 2 N–H and O–H groups in total. The third kappa shape index (κ3) is 2.22. The molecule has 2 unspecified atom stereocenters. The zero-order valence-electron chi connectivity index (χ0n) is 10.8. The highest BCUT2D eigenvalue weighted by molar-refractivity contribution is 5.40. The summed E-state index contributed by atoms with van der Waals surface area (Å²) in [5.74, 6) is 0.608. The summed E-state index contributed by atoms with van der Waals surface area (Å²) in [5.41, 5.74) is 9.15. The van der Waals surface area contributed by atoms with Crippen LogP contribution < -0.4 is 10.5 Å². The molecule has 2 aromatic rings. The summed E-state index contributed by atoms with van der Waals surface area (Å²) in [6.45, 7) is 1.90. The van der Waals surface area contributed by atoms with Gasteiger partial charge in [-0.25, -0.2) is 4.39 Å². The summed E-state index contributed by atoms with van der Waals surface area (Å²) in [5, 5.41) is 0. The lowest BCUT2D eigenvalue weighted by Gasteiger charge is -2.31. The molecule has 1 heterocycles. The van der Waals surface area contributed by atoms with Crippen molar-refractivity contribution in [1.29, 1.82) is 0 Å². The van der Waals surface area contributed by atoms with Crippen molar-refractivity contribution in [3.63, 3.8) is 0 Å². The second-order valence-electron chi connectivity index (χ2n) is 4.99. The molecule has 0 saturated carbocycles. The van der Waals surface area contributed by atoms with Crippen molar-refractivity contribution < 1.29 is 9.13 Å². The van der Waals surface area contributed by atoms with Crippen LogP contribution in [-0.2, 0) is 0 Å². The van der Waals surface area contributed by atoms with Gasteiger partial charge in [0.2, 0.25) is 0 Å². The quantitative estimate of drug-likeness (QED) is 0.846. The molecular formula is C16H16FNO. The van der Waals surface area contributed by atoms with E-state index in [-0.39, 0.29) is 18.0 Å². The minimum absolute atomic E-state index is 0.0422. The van der Waals surface area contributed by atoms with Gasteiger partial charge in [-0.1, -0.05) is 24.3 Å². The highest BCUT2D eigenvalue weighted by atomic mass is 19.1. The number of nitrogens with two attached hydrogens (primary N) is 1. The van der Waals surface area contributed by atoms with E-state index in [1.54, 1.807) is 6.07 Å². The number of fused-ring (bicyclic) bond motifs is 1. The molecule has 2 aromatic carbocycles. The SMILES string of the molecule is Cc1cc(F)ccc1C1CC(N)c2ccccc2O1. The largest absolute Gasteiger partial charge is 0.485 e. The third-order valence-corrected chi connectivity index (χ3v) is 3.63. The van der Waals surface area contributed by atoms with Gasteiger partial charge in [0, 0.05) is 18.0 Å². The number of hydrogen-bond acceptors (Lipinski definition) is 2. The van der Waals surface area contributed by atoms with Crippen LogP contribution >= 0.6 is 0 Å². The van der Waals surface area contributed by atoms with Gasteiger partial charge in [0.15, 0.2) is 0 Å². The summed E-state index contributed by atoms with van der Waals surface area (Å²) < 4.78 is 19.2. The molecule has 0 spiro atoms. The molecule has 0 amide bonds. The van der Waals surface area contributed by atoms with Crippen molar-refractivity contribution >= 4 is 0 Å². The Morgan fingerprint density at radius 2 is 1.95 bits per heavy atom. The number of hydrogen-bond donors (Lipinski definition) is 1. The molecule has 2 nitrogen and oxygen atoms in total. The van der Waals surface area contributed by atoms with Crippen molar-refractivity contribution in [3.05, 3.63) is 65.0 Å². The molecule has 0 saturated heterocycles. The molecule has 0 radical (unpaired) electrons. The Balaban J connectivity index is 1.97. The van der Waals surface area contributed by atoms with Gasteiger partial charge in [0.25, 0.3) is 0 Å². The maximum Gasteiger partial charge on any atom is 0.126 e. The van der Waals surface area contributed by atoms with E-state index >= 15 is 0 Å². The van der Waals surface area contributed by atoms with E-state index in [1.165, 1.54) is 12.1 Å². The van der Waals surface area contributed by atoms with Crippen molar-refractivity contribution in [2.45, 2.75) is 25.5 Å². The van der Waals surface area contributed by atoms with E-state index in [1.807, 2.05) is 31.2 Å². The number of benzene rings is 2. The zero-order chi connectivity index (χ0) is 13.4. The standard InChI is InChI=1S/C16H16FNO/c1-10-8-11(17)6-7-12(10)16-9-14(18)13-4-2-3-5-15(13)19-16/h2-8,14,16H,9,18H2,1H3. The second kappa shape index (κ2) is 4.67. The number of rotatable bonds is 1. The molecule has 1 aliphatic heterocycles. The first kappa shape index (κ1) is 12.2. The Morgan fingerprint density at radius 1 is 1.16 bits per heavy atom. The van der Waals surface area contributed by atoms with Crippen LogP contribution in [0.4, 0.5) is 4.39 Å². The van der Waals surface area contributed by atoms with Gasteiger partial charge in [-0.15, -0.1) is 0 Å². The lowest BCUT2D eigenvalue weighted by atomic mass is 9.92. The minimum Gasteiger partial charge on any atom is -0.485 e. The lowest BCUT2D eigenvalue weighted by molar-refractivity contribution is 0.161. The molecular weight excluding hydrogens is 241 g/mol. The Labute approximate surface area is 112 Å². The molecule has 3 rings (SSSR count). The number of aryl methyl sites for hydroxylation is 1. The van der Waals surface area contributed by atoms with Crippen molar-refractivity contribution in [1.82, 2.24) is 0 Å². The molecule has 0 aliphatic carbocycles. The molecule has 19 heavy (non-hydrogen) atoms. The maximum absolute atomic E-state index is 13.2. The molecule has 0 aromatic heterocycles. The predicted molar refractivity (Wildman–Crippen MR) is 72.5 cm³/mol. The topological polar surface area (TPSA) is 35.2 Å². The fourth-order valence-corrected chi connectivity index (χ4v) is 2.64. The van der Waals surface area contributed by atoms with Gasteiger partial charge >= 0.3 is 0 Å². The highest BCUT2D eigenvalue weighted by Crippen LogP contribution is 2.40. The predicted octanol–water partition coefficient (Wildman–Crippen LogP) is 3.66.